The van der Waals surface area contributed by atoms with Crippen molar-refractivity contribution >= 4 is 0 Å². The second kappa shape index (κ2) is 8.97. The molecule has 1 fully saturated rings. The maximum atomic E-state index is 6.24. The molecular formula is C17H35NO. The first-order chi connectivity index (χ1) is 9.03. The van der Waals surface area contributed by atoms with Crippen molar-refractivity contribution in [2.75, 3.05) is 13.2 Å². The number of rotatable bonds is 6. The molecule has 0 amide bonds. The minimum Gasteiger partial charge on any atom is -0.377 e. The summed E-state index contributed by atoms with van der Waals surface area (Å²) in [5.41, 5.74) is 0.383. The van der Waals surface area contributed by atoms with Crippen LogP contribution in [0.25, 0.3) is 0 Å². The molecular weight excluding hydrogens is 234 g/mol. The van der Waals surface area contributed by atoms with E-state index in [9.17, 15) is 0 Å². The topological polar surface area (TPSA) is 21.3 Å². The van der Waals surface area contributed by atoms with Crippen molar-refractivity contribution in [1.29, 1.82) is 0 Å². The number of nitrogens with one attached hydrogen (secondary N) is 1. The molecule has 2 unspecified atom stereocenters. The fourth-order valence-corrected chi connectivity index (χ4v) is 2.73. The smallest absolute Gasteiger partial charge is 0.0728 e. The van der Waals surface area contributed by atoms with Gasteiger partial charge in [0.1, 0.15) is 0 Å². The third-order valence-corrected chi connectivity index (χ3v) is 4.04. The second-order valence-electron chi connectivity index (χ2n) is 7.27. The Bertz CT molecular complexity index is 220. The van der Waals surface area contributed by atoms with Crippen LogP contribution in [0, 0.1) is 5.41 Å². The first-order valence-electron chi connectivity index (χ1n) is 8.38. The molecule has 114 valence electrons. The Morgan fingerprint density at radius 2 is 1.74 bits per heavy atom. The largest absolute Gasteiger partial charge is 0.377 e. The van der Waals surface area contributed by atoms with Gasteiger partial charge in [-0.25, -0.2) is 0 Å². The summed E-state index contributed by atoms with van der Waals surface area (Å²) in [6.07, 6.45) is 10.8. The van der Waals surface area contributed by atoms with Gasteiger partial charge in [-0.1, -0.05) is 53.4 Å². The van der Waals surface area contributed by atoms with Gasteiger partial charge in [-0.05, 0) is 37.6 Å². The predicted molar refractivity (Wildman–Crippen MR) is 83.6 cm³/mol. The third-order valence-electron chi connectivity index (χ3n) is 4.04. The molecule has 2 atom stereocenters. The summed E-state index contributed by atoms with van der Waals surface area (Å²) < 4.78 is 6.24. The Balaban J connectivity index is 2.41. The fraction of sp³-hybridized carbons (Fsp3) is 1.00. The van der Waals surface area contributed by atoms with Crippen molar-refractivity contribution in [1.82, 2.24) is 5.32 Å². The Hall–Kier alpha value is -0.0800. The van der Waals surface area contributed by atoms with Crippen molar-refractivity contribution < 1.29 is 4.74 Å². The average molecular weight is 269 g/mol. The zero-order chi connectivity index (χ0) is 14.1. The Kier molecular flexibility index (Phi) is 8.01. The monoisotopic (exact) mass is 269 g/mol. The first-order valence-corrected chi connectivity index (χ1v) is 8.38. The van der Waals surface area contributed by atoms with Crippen LogP contribution < -0.4 is 5.32 Å². The van der Waals surface area contributed by atoms with E-state index in [1.165, 1.54) is 44.9 Å². The molecule has 19 heavy (non-hydrogen) atoms. The van der Waals surface area contributed by atoms with Gasteiger partial charge in [-0.15, -0.1) is 0 Å². The average Bonchev–Trinajstić information content (AvgIpc) is 2.30. The lowest BCUT2D eigenvalue weighted by Gasteiger charge is -2.31. The van der Waals surface area contributed by atoms with Crippen molar-refractivity contribution in [2.24, 2.45) is 5.41 Å². The molecule has 1 aliphatic carbocycles. The van der Waals surface area contributed by atoms with Gasteiger partial charge in [0.2, 0.25) is 0 Å². The summed E-state index contributed by atoms with van der Waals surface area (Å²) >= 11 is 0. The van der Waals surface area contributed by atoms with E-state index < -0.39 is 0 Å². The van der Waals surface area contributed by atoms with E-state index in [4.69, 9.17) is 4.74 Å². The lowest BCUT2D eigenvalue weighted by molar-refractivity contribution is 0.00241. The number of hydrogen-bond acceptors (Lipinski definition) is 2. The number of ether oxygens (including phenoxy) is 1. The van der Waals surface area contributed by atoms with Gasteiger partial charge < -0.3 is 10.1 Å². The van der Waals surface area contributed by atoms with Gasteiger partial charge in [0.25, 0.3) is 0 Å². The minimum atomic E-state index is 0.383. The van der Waals surface area contributed by atoms with E-state index in [-0.39, 0.29) is 0 Å². The summed E-state index contributed by atoms with van der Waals surface area (Å²) in [5.74, 6) is 0. The highest BCUT2D eigenvalue weighted by Gasteiger charge is 2.23. The van der Waals surface area contributed by atoms with Crippen molar-refractivity contribution in [2.45, 2.75) is 91.2 Å². The van der Waals surface area contributed by atoms with Crippen LogP contribution in [-0.4, -0.2) is 25.3 Å². The maximum absolute atomic E-state index is 6.24. The molecule has 0 bridgehead atoms. The quantitative estimate of drug-likeness (QED) is 0.765. The van der Waals surface area contributed by atoms with Crippen LogP contribution in [0.1, 0.15) is 79.1 Å². The molecule has 0 radical (unpaired) electrons. The lowest BCUT2D eigenvalue weighted by Crippen LogP contribution is -2.42. The van der Waals surface area contributed by atoms with Crippen LogP contribution in [0.15, 0.2) is 0 Å². The van der Waals surface area contributed by atoms with Gasteiger partial charge in [0, 0.05) is 12.6 Å². The Morgan fingerprint density at radius 3 is 2.37 bits per heavy atom. The van der Waals surface area contributed by atoms with Gasteiger partial charge in [0.15, 0.2) is 0 Å². The first kappa shape index (κ1) is 17.0. The van der Waals surface area contributed by atoms with Crippen LogP contribution in [0.3, 0.4) is 0 Å². The maximum Gasteiger partial charge on any atom is 0.0728 e. The van der Waals surface area contributed by atoms with Crippen LogP contribution in [0.4, 0.5) is 0 Å². The molecule has 0 spiro atoms. The molecule has 0 aromatic heterocycles. The highest BCUT2D eigenvalue weighted by atomic mass is 16.5. The summed E-state index contributed by atoms with van der Waals surface area (Å²) in [7, 11) is 0. The minimum absolute atomic E-state index is 0.383. The molecule has 2 heteroatoms. The SMILES string of the molecule is CCCNC1CCCCCCC1OCCC(C)(C)C. The van der Waals surface area contributed by atoms with E-state index in [0.717, 1.165) is 19.6 Å². The zero-order valence-electron chi connectivity index (χ0n) is 13.6. The Labute approximate surface area is 120 Å². The normalized spacial score (nSPS) is 25.9. The van der Waals surface area contributed by atoms with Gasteiger partial charge in [-0.3, -0.25) is 0 Å². The van der Waals surface area contributed by atoms with Crippen LogP contribution in [0.2, 0.25) is 0 Å². The van der Waals surface area contributed by atoms with E-state index in [1.807, 2.05) is 0 Å². The van der Waals surface area contributed by atoms with Crippen LogP contribution in [0.5, 0.6) is 0 Å². The summed E-state index contributed by atoms with van der Waals surface area (Å²) in [6.45, 7) is 11.2. The zero-order valence-corrected chi connectivity index (χ0v) is 13.6. The fourth-order valence-electron chi connectivity index (χ4n) is 2.73. The molecule has 0 aromatic carbocycles. The van der Waals surface area contributed by atoms with E-state index in [0.29, 0.717) is 17.6 Å². The highest BCUT2D eigenvalue weighted by molar-refractivity contribution is 4.79. The van der Waals surface area contributed by atoms with Crippen LogP contribution >= 0.6 is 0 Å². The van der Waals surface area contributed by atoms with Gasteiger partial charge in [0.05, 0.1) is 6.10 Å². The van der Waals surface area contributed by atoms with E-state index in [2.05, 4.69) is 33.0 Å². The van der Waals surface area contributed by atoms with Crippen molar-refractivity contribution in [3.05, 3.63) is 0 Å². The summed E-state index contributed by atoms with van der Waals surface area (Å²) in [4.78, 5) is 0. The lowest BCUT2D eigenvalue weighted by atomic mass is 9.92. The molecule has 0 heterocycles. The molecule has 1 aliphatic rings. The van der Waals surface area contributed by atoms with Gasteiger partial charge in [-0.2, -0.15) is 0 Å². The van der Waals surface area contributed by atoms with Gasteiger partial charge >= 0.3 is 0 Å². The summed E-state index contributed by atoms with van der Waals surface area (Å²) in [6, 6.07) is 0.584. The molecule has 1 N–H and O–H groups in total. The highest BCUT2D eigenvalue weighted by Crippen LogP contribution is 2.23. The molecule has 0 aromatic rings. The standard InChI is InChI=1S/C17H35NO/c1-5-13-18-15-10-8-6-7-9-11-16(15)19-14-12-17(2,3)4/h15-16,18H,5-14H2,1-4H3. The molecule has 1 rings (SSSR count). The predicted octanol–water partition coefficient (Wildman–Crippen LogP) is 4.53. The van der Waals surface area contributed by atoms with Crippen molar-refractivity contribution in [3.63, 3.8) is 0 Å². The third kappa shape index (κ3) is 7.94. The van der Waals surface area contributed by atoms with E-state index >= 15 is 0 Å². The summed E-state index contributed by atoms with van der Waals surface area (Å²) in [5, 5.41) is 3.71. The van der Waals surface area contributed by atoms with Crippen molar-refractivity contribution in [3.8, 4) is 0 Å². The molecule has 0 aliphatic heterocycles. The Morgan fingerprint density at radius 1 is 1.05 bits per heavy atom. The molecule has 1 saturated carbocycles. The van der Waals surface area contributed by atoms with Crippen LogP contribution in [-0.2, 0) is 4.74 Å². The van der Waals surface area contributed by atoms with E-state index in [1.54, 1.807) is 0 Å². The molecule has 0 saturated heterocycles. The number of hydrogen-bond donors (Lipinski definition) is 1. The second-order valence-corrected chi connectivity index (χ2v) is 7.27. The molecule has 2 nitrogen and oxygen atoms in total.